The predicted molar refractivity (Wildman–Crippen MR) is 137 cm³/mol. The molecular weight excluding hydrogens is 408 g/mol. The van der Waals surface area contributed by atoms with Crippen LogP contribution in [0.15, 0.2) is 92.2 Å². The van der Waals surface area contributed by atoms with Crippen molar-refractivity contribution in [2.45, 2.75) is 6.92 Å². The molecule has 164 valence electrons. The van der Waals surface area contributed by atoms with Crippen LogP contribution in [0.3, 0.4) is 0 Å². The summed E-state index contributed by atoms with van der Waals surface area (Å²) in [6, 6.07) is 10.1. The van der Waals surface area contributed by atoms with Crippen LogP contribution < -0.4 is 11.1 Å². The lowest BCUT2D eigenvalue weighted by molar-refractivity contribution is 1.26. The topological polar surface area (TPSA) is 92.5 Å². The van der Waals surface area contributed by atoms with Crippen LogP contribution in [-0.4, -0.2) is 27.0 Å². The Bertz CT molecular complexity index is 1390. The van der Waals surface area contributed by atoms with Gasteiger partial charge in [0.2, 0.25) is 0 Å². The Morgan fingerprint density at radius 3 is 2.61 bits per heavy atom. The molecule has 0 spiro atoms. The lowest BCUT2D eigenvalue weighted by atomic mass is 9.97. The minimum atomic E-state index is 0.606. The predicted octanol–water partition coefficient (Wildman–Crippen LogP) is 5.56. The van der Waals surface area contributed by atoms with E-state index < -0.39 is 0 Å². The lowest BCUT2D eigenvalue weighted by Gasteiger charge is -2.13. The summed E-state index contributed by atoms with van der Waals surface area (Å²) in [7, 11) is 1.89. The van der Waals surface area contributed by atoms with Crippen LogP contribution in [-0.2, 0) is 0 Å². The third kappa shape index (κ3) is 4.32. The molecule has 0 aliphatic carbocycles. The van der Waals surface area contributed by atoms with Gasteiger partial charge in [-0.25, -0.2) is 4.98 Å². The molecule has 0 fully saturated rings. The molecule has 6 nitrogen and oxygen atoms in total. The fourth-order valence-electron chi connectivity index (χ4n) is 3.71. The number of pyridine rings is 2. The van der Waals surface area contributed by atoms with Gasteiger partial charge in [-0.15, -0.1) is 0 Å². The van der Waals surface area contributed by atoms with Crippen molar-refractivity contribution in [1.29, 1.82) is 0 Å². The summed E-state index contributed by atoms with van der Waals surface area (Å²) in [5.41, 5.74) is 14.9. The highest BCUT2D eigenvalue weighted by Gasteiger charge is 2.16. The third-order valence-corrected chi connectivity index (χ3v) is 5.49. The normalized spacial score (nSPS) is 12.1. The number of anilines is 1. The number of fused-ring (bicyclic) bond motifs is 1. The van der Waals surface area contributed by atoms with Gasteiger partial charge in [-0.1, -0.05) is 25.3 Å². The quantitative estimate of drug-likeness (QED) is 0.331. The molecule has 3 aromatic heterocycles. The Morgan fingerprint density at radius 2 is 1.91 bits per heavy atom. The number of nitrogens with two attached hydrogens (primary N) is 1. The van der Waals surface area contributed by atoms with Gasteiger partial charge in [-0.3, -0.25) is 9.97 Å². The van der Waals surface area contributed by atoms with E-state index in [4.69, 9.17) is 10.7 Å². The molecule has 6 heteroatoms. The minimum Gasteiger partial charge on any atom is -0.399 e. The molecule has 0 saturated carbocycles. The molecule has 33 heavy (non-hydrogen) atoms. The molecule has 0 aliphatic heterocycles. The van der Waals surface area contributed by atoms with E-state index in [2.05, 4.69) is 45.6 Å². The molecule has 4 aromatic rings. The molecule has 0 bridgehead atoms. The van der Waals surface area contributed by atoms with Crippen molar-refractivity contribution >= 4 is 27.9 Å². The second-order valence-electron chi connectivity index (χ2n) is 7.49. The van der Waals surface area contributed by atoms with E-state index in [9.17, 15) is 0 Å². The molecule has 0 aliphatic rings. The van der Waals surface area contributed by atoms with E-state index in [1.54, 1.807) is 24.7 Å². The number of nitrogens with zero attached hydrogens (tertiary/aromatic N) is 3. The first-order valence-electron chi connectivity index (χ1n) is 10.6. The van der Waals surface area contributed by atoms with Gasteiger partial charge in [0.25, 0.3) is 0 Å². The van der Waals surface area contributed by atoms with Gasteiger partial charge in [0, 0.05) is 53.7 Å². The SMILES string of the molecule is C=C/C(N)=C\C(=C/C)c1ccc(NC)c(C(=C)c2nc3c(-c4ccncc4)cncc3[nH]2)c1. The van der Waals surface area contributed by atoms with Gasteiger partial charge in [0.1, 0.15) is 5.82 Å². The molecule has 4 N–H and O–H groups in total. The van der Waals surface area contributed by atoms with E-state index in [-0.39, 0.29) is 0 Å². The van der Waals surface area contributed by atoms with E-state index in [0.717, 1.165) is 50.1 Å². The average Bonchev–Trinajstić information content (AvgIpc) is 3.31. The molecule has 0 unspecified atom stereocenters. The average molecular weight is 435 g/mol. The second-order valence-corrected chi connectivity index (χ2v) is 7.49. The van der Waals surface area contributed by atoms with Crippen LogP contribution in [0, 0.1) is 0 Å². The third-order valence-electron chi connectivity index (χ3n) is 5.49. The van der Waals surface area contributed by atoms with E-state index in [0.29, 0.717) is 11.5 Å². The first-order valence-corrected chi connectivity index (χ1v) is 10.6. The van der Waals surface area contributed by atoms with Crippen molar-refractivity contribution in [3.63, 3.8) is 0 Å². The molecule has 0 amide bonds. The summed E-state index contributed by atoms with van der Waals surface area (Å²) >= 11 is 0. The zero-order chi connectivity index (χ0) is 23.4. The van der Waals surface area contributed by atoms with Crippen LogP contribution >= 0.6 is 0 Å². The first-order chi connectivity index (χ1) is 16.0. The molecule has 0 atom stereocenters. The maximum absolute atomic E-state index is 5.98. The maximum Gasteiger partial charge on any atom is 0.138 e. The molecule has 4 rings (SSSR count). The van der Waals surface area contributed by atoms with Crippen LogP contribution in [0.5, 0.6) is 0 Å². The van der Waals surface area contributed by atoms with Crippen molar-refractivity contribution in [3.8, 4) is 11.1 Å². The van der Waals surface area contributed by atoms with Gasteiger partial charge in [-0.05, 0) is 60.0 Å². The number of rotatable bonds is 7. The zero-order valence-corrected chi connectivity index (χ0v) is 18.8. The smallest absolute Gasteiger partial charge is 0.138 e. The van der Waals surface area contributed by atoms with Crippen LogP contribution in [0.25, 0.3) is 33.3 Å². The number of aromatic nitrogens is 4. The standard InChI is InChI=1S/C27H26N6/c1-5-18(13-21(28)6-2)20-7-8-24(29-4)22(14-20)17(3)27-32-25-16-31-15-23(26(25)33-27)19-9-11-30-12-10-19/h5-16,29H,2-3,28H2,1,4H3,(H,32,33)/b18-5+,21-13+. The minimum absolute atomic E-state index is 0.606. The monoisotopic (exact) mass is 434 g/mol. The summed E-state index contributed by atoms with van der Waals surface area (Å²) < 4.78 is 0. The van der Waals surface area contributed by atoms with Gasteiger partial charge >= 0.3 is 0 Å². The Morgan fingerprint density at radius 1 is 1.12 bits per heavy atom. The van der Waals surface area contributed by atoms with E-state index in [1.165, 1.54) is 0 Å². The van der Waals surface area contributed by atoms with E-state index in [1.807, 2.05) is 50.5 Å². The number of aromatic amines is 1. The van der Waals surface area contributed by atoms with Crippen molar-refractivity contribution in [3.05, 3.63) is 109 Å². The summed E-state index contributed by atoms with van der Waals surface area (Å²) in [5, 5.41) is 3.26. The fourth-order valence-corrected chi connectivity index (χ4v) is 3.71. The molecule has 1 aromatic carbocycles. The highest BCUT2D eigenvalue weighted by atomic mass is 14.9. The Balaban J connectivity index is 1.80. The highest BCUT2D eigenvalue weighted by Crippen LogP contribution is 2.33. The Kier molecular flexibility index (Phi) is 6.17. The molecule has 0 saturated heterocycles. The highest BCUT2D eigenvalue weighted by molar-refractivity contribution is 5.94. The van der Waals surface area contributed by atoms with Crippen molar-refractivity contribution < 1.29 is 0 Å². The van der Waals surface area contributed by atoms with Gasteiger partial charge in [0.15, 0.2) is 0 Å². The summed E-state index contributed by atoms with van der Waals surface area (Å²) in [4.78, 5) is 16.8. The molecular formula is C27H26N6. The first kappa shape index (κ1) is 21.8. The van der Waals surface area contributed by atoms with Crippen molar-refractivity contribution in [2.75, 3.05) is 12.4 Å². The van der Waals surface area contributed by atoms with Crippen molar-refractivity contribution in [2.24, 2.45) is 5.73 Å². The summed E-state index contributed by atoms with van der Waals surface area (Å²) in [5.74, 6) is 0.685. The lowest BCUT2D eigenvalue weighted by Crippen LogP contribution is -1.99. The second kappa shape index (κ2) is 9.36. The fraction of sp³-hybridized carbons (Fsp3) is 0.0741. The number of hydrogen-bond acceptors (Lipinski definition) is 5. The van der Waals surface area contributed by atoms with Gasteiger partial charge in [-0.2, -0.15) is 0 Å². The number of imidazole rings is 1. The Labute approximate surface area is 193 Å². The summed E-state index contributed by atoms with van der Waals surface area (Å²) in [6.45, 7) is 10.1. The van der Waals surface area contributed by atoms with Crippen molar-refractivity contribution in [1.82, 2.24) is 19.9 Å². The number of benzene rings is 1. The van der Waals surface area contributed by atoms with Crippen LogP contribution in [0.1, 0.15) is 23.9 Å². The molecule has 0 radical (unpaired) electrons. The number of hydrogen-bond donors (Lipinski definition) is 3. The van der Waals surface area contributed by atoms with Gasteiger partial charge < -0.3 is 16.0 Å². The molecule has 3 heterocycles. The van der Waals surface area contributed by atoms with Crippen LogP contribution in [0.2, 0.25) is 0 Å². The Hall–Kier alpha value is -4.45. The zero-order valence-electron chi connectivity index (χ0n) is 18.8. The number of allylic oxidation sites excluding steroid dienone is 4. The van der Waals surface area contributed by atoms with Crippen LogP contribution in [0.4, 0.5) is 5.69 Å². The van der Waals surface area contributed by atoms with Gasteiger partial charge in [0.05, 0.1) is 17.2 Å². The summed E-state index contributed by atoms with van der Waals surface area (Å²) in [6.07, 6.45) is 12.7. The largest absolute Gasteiger partial charge is 0.399 e. The maximum atomic E-state index is 5.98. The number of nitrogens with one attached hydrogen (secondary N) is 2. The van der Waals surface area contributed by atoms with E-state index >= 15 is 0 Å². The number of H-pyrrole nitrogens is 1.